The molecule has 0 spiro atoms. The monoisotopic (exact) mass is 311 g/mol. The van der Waals surface area contributed by atoms with Crippen LogP contribution in [0.3, 0.4) is 0 Å². The third kappa shape index (κ3) is 3.16. The third-order valence-electron chi connectivity index (χ3n) is 3.48. The van der Waals surface area contributed by atoms with E-state index in [0.717, 1.165) is 29.5 Å². The Labute approximate surface area is 115 Å². The Balaban J connectivity index is 1.95. The van der Waals surface area contributed by atoms with Gasteiger partial charge in [-0.1, -0.05) is 21.1 Å². The van der Waals surface area contributed by atoms with Crippen molar-refractivity contribution >= 4 is 27.5 Å². The number of rotatable bonds is 5. The first kappa shape index (κ1) is 13.2. The number of nitrogens with one attached hydrogen (secondary N) is 1. The molecule has 0 amide bonds. The van der Waals surface area contributed by atoms with Crippen molar-refractivity contribution in [3.05, 3.63) is 28.2 Å². The fourth-order valence-electron chi connectivity index (χ4n) is 2.12. The molecule has 0 atom stereocenters. The Bertz CT molecular complexity index is 469. The molecule has 0 saturated heterocycles. The minimum atomic E-state index is 0.176. The molecule has 4 nitrogen and oxygen atoms in total. The van der Waals surface area contributed by atoms with Crippen molar-refractivity contribution < 1.29 is 5.21 Å². The number of hydrogen-bond donors (Lipinski definition) is 3. The molecule has 1 aromatic rings. The molecule has 1 saturated carbocycles. The summed E-state index contributed by atoms with van der Waals surface area (Å²) in [6, 6.07) is 6.18. The van der Waals surface area contributed by atoms with E-state index in [-0.39, 0.29) is 5.41 Å². The number of aryl methyl sites for hydroxylation is 1. The van der Waals surface area contributed by atoms with Crippen LogP contribution < -0.4 is 11.1 Å². The van der Waals surface area contributed by atoms with Crippen molar-refractivity contribution in [2.45, 2.75) is 26.2 Å². The van der Waals surface area contributed by atoms with Crippen LogP contribution in [0.5, 0.6) is 0 Å². The number of nitrogens with zero attached hydrogens (tertiary/aromatic N) is 1. The fourth-order valence-corrected chi connectivity index (χ4v) is 2.60. The Morgan fingerprint density at radius 1 is 1.56 bits per heavy atom. The van der Waals surface area contributed by atoms with Gasteiger partial charge in [0.1, 0.15) is 5.84 Å². The zero-order chi connectivity index (χ0) is 13.2. The summed E-state index contributed by atoms with van der Waals surface area (Å²) in [5.41, 5.74) is 8.11. The zero-order valence-electron chi connectivity index (χ0n) is 10.4. The van der Waals surface area contributed by atoms with Crippen LogP contribution in [0, 0.1) is 12.3 Å². The number of hydrogen-bond acceptors (Lipinski definition) is 3. The second-order valence-electron chi connectivity index (χ2n) is 5.08. The molecule has 0 aromatic heterocycles. The standard InChI is InChI=1S/C13H18BrN3O/c1-9-6-10(14)2-3-11(9)16-8-13(4-5-13)7-12(15)17-18/h2-3,6,16,18H,4-5,7-8H2,1H3,(H2,15,17). The highest BCUT2D eigenvalue weighted by molar-refractivity contribution is 9.10. The number of nitrogens with two attached hydrogens (primary N) is 1. The van der Waals surface area contributed by atoms with Crippen molar-refractivity contribution in [2.75, 3.05) is 11.9 Å². The molecule has 2 rings (SSSR count). The van der Waals surface area contributed by atoms with Gasteiger partial charge in [-0.25, -0.2) is 0 Å². The van der Waals surface area contributed by atoms with Crippen LogP contribution in [0.4, 0.5) is 5.69 Å². The lowest BCUT2D eigenvalue weighted by Gasteiger charge is -2.17. The van der Waals surface area contributed by atoms with Gasteiger partial charge in [0.25, 0.3) is 0 Å². The van der Waals surface area contributed by atoms with Gasteiger partial charge in [0, 0.05) is 23.1 Å². The molecule has 4 N–H and O–H groups in total. The van der Waals surface area contributed by atoms with Crippen molar-refractivity contribution in [3.8, 4) is 0 Å². The summed E-state index contributed by atoms with van der Waals surface area (Å²) in [6.07, 6.45) is 2.92. The minimum Gasteiger partial charge on any atom is -0.409 e. The Morgan fingerprint density at radius 3 is 2.83 bits per heavy atom. The highest BCUT2D eigenvalue weighted by Crippen LogP contribution is 2.48. The van der Waals surface area contributed by atoms with Crippen molar-refractivity contribution in [3.63, 3.8) is 0 Å². The largest absolute Gasteiger partial charge is 0.409 e. The summed E-state index contributed by atoms with van der Waals surface area (Å²) >= 11 is 3.45. The highest BCUT2D eigenvalue weighted by Gasteiger charge is 2.43. The lowest BCUT2D eigenvalue weighted by molar-refractivity contribution is 0.315. The van der Waals surface area contributed by atoms with Gasteiger partial charge in [-0.15, -0.1) is 0 Å². The SMILES string of the molecule is Cc1cc(Br)ccc1NCC1(CC(N)=NO)CC1. The maximum atomic E-state index is 8.62. The molecule has 1 aromatic carbocycles. The van der Waals surface area contributed by atoms with Gasteiger partial charge in [-0.3, -0.25) is 0 Å². The second-order valence-corrected chi connectivity index (χ2v) is 6.00. The molecule has 0 bridgehead atoms. The molecule has 1 aliphatic carbocycles. The van der Waals surface area contributed by atoms with Crippen LogP contribution in [0.1, 0.15) is 24.8 Å². The van der Waals surface area contributed by atoms with Crippen molar-refractivity contribution in [1.29, 1.82) is 0 Å². The van der Waals surface area contributed by atoms with Crippen LogP contribution in [-0.4, -0.2) is 17.6 Å². The summed E-state index contributed by atoms with van der Waals surface area (Å²) in [7, 11) is 0. The van der Waals surface area contributed by atoms with Crippen molar-refractivity contribution in [2.24, 2.45) is 16.3 Å². The van der Waals surface area contributed by atoms with Crippen LogP contribution >= 0.6 is 15.9 Å². The number of oxime groups is 1. The minimum absolute atomic E-state index is 0.176. The van der Waals surface area contributed by atoms with Gasteiger partial charge < -0.3 is 16.3 Å². The quantitative estimate of drug-likeness (QED) is 0.339. The highest BCUT2D eigenvalue weighted by atomic mass is 79.9. The lowest BCUT2D eigenvalue weighted by atomic mass is 10.0. The van der Waals surface area contributed by atoms with Gasteiger partial charge >= 0.3 is 0 Å². The van der Waals surface area contributed by atoms with E-state index in [0.29, 0.717) is 12.3 Å². The summed E-state index contributed by atoms with van der Waals surface area (Å²) in [5.74, 6) is 0.321. The van der Waals surface area contributed by atoms with E-state index in [1.807, 2.05) is 6.07 Å². The summed E-state index contributed by atoms with van der Waals surface area (Å²) < 4.78 is 1.09. The van der Waals surface area contributed by atoms with Crippen molar-refractivity contribution in [1.82, 2.24) is 0 Å². The van der Waals surface area contributed by atoms with Gasteiger partial charge in [0.15, 0.2) is 0 Å². The summed E-state index contributed by atoms with van der Waals surface area (Å²) in [6.45, 7) is 2.95. The van der Waals surface area contributed by atoms with Gasteiger partial charge in [-0.05, 0) is 48.9 Å². The van der Waals surface area contributed by atoms with E-state index in [2.05, 4.69) is 45.5 Å². The molecular formula is C13H18BrN3O. The molecular weight excluding hydrogens is 294 g/mol. The number of benzene rings is 1. The second kappa shape index (κ2) is 5.18. The normalized spacial score (nSPS) is 17.6. The Kier molecular flexibility index (Phi) is 3.80. The number of amidine groups is 1. The molecule has 98 valence electrons. The van der Waals surface area contributed by atoms with E-state index in [4.69, 9.17) is 10.9 Å². The third-order valence-corrected chi connectivity index (χ3v) is 3.98. The smallest absolute Gasteiger partial charge is 0.139 e. The van der Waals surface area contributed by atoms with Gasteiger partial charge in [-0.2, -0.15) is 0 Å². The average molecular weight is 312 g/mol. The first-order chi connectivity index (χ1) is 8.54. The van der Waals surface area contributed by atoms with Crippen LogP contribution in [0.25, 0.3) is 0 Å². The maximum Gasteiger partial charge on any atom is 0.139 e. The van der Waals surface area contributed by atoms with E-state index >= 15 is 0 Å². The van der Waals surface area contributed by atoms with Gasteiger partial charge in [0.2, 0.25) is 0 Å². The molecule has 0 radical (unpaired) electrons. The molecule has 18 heavy (non-hydrogen) atoms. The van der Waals surface area contributed by atoms with Crippen LogP contribution in [-0.2, 0) is 0 Å². The van der Waals surface area contributed by atoms with E-state index in [1.165, 1.54) is 5.56 Å². The average Bonchev–Trinajstić information content (AvgIpc) is 3.08. The van der Waals surface area contributed by atoms with Crippen LogP contribution in [0.2, 0.25) is 0 Å². The lowest BCUT2D eigenvalue weighted by Crippen LogP contribution is -2.23. The van der Waals surface area contributed by atoms with Crippen LogP contribution in [0.15, 0.2) is 27.8 Å². The fraction of sp³-hybridized carbons (Fsp3) is 0.462. The van der Waals surface area contributed by atoms with E-state index < -0.39 is 0 Å². The molecule has 0 heterocycles. The number of anilines is 1. The molecule has 5 heteroatoms. The van der Waals surface area contributed by atoms with E-state index in [9.17, 15) is 0 Å². The molecule has 1 aliphatic rings. The summed E-state index contributed by atoms with van der Waals surface area (Å²) in [5, 5.41) is 15.1. The zero-order valence-corrected chi connectivity index (χ0v) is 12.0. The molecule has 0 aliphatic heterocycles. The maximum absolute atomic E-state index is 8.62. The predicted molar refractivity (Wildman–Crippen MR) is 77.1 cm³/mol. The first-order valence-corrected chi connectivity index (χ1v) is 6.80. The predicted octanol–water partition coefficient (Wildman–Crippen LogP) is 3.09. The summed E-state index contributed by atoms with van der Waals surface area (Å²) in [4.78, 5) is 0. The Morgan fingerprint density at radius 2 is 2.28 bits per heavy atom. The number of halogens is 1. The topological polar surface area (TPSA) is 70.6 Å². The van der Waals surface area contributed by atoms with Gasteiger partial charge in [0.05, 0.1) is 0 Å². The molecule has 1 fully saturated rings. The Hall–Kier alpha value is -1.23. The molecule has 0 unspecified atom stereocenters. The van der Waals surface area contributed by atoms with E-state index in [1.54, 1.807) is 0 Å². The first-order valence-electron chi connectivity index (χ1n) is 6.01.